The van der Waals surface area contributed by atoms with Crippen LogP contribution in [-0.4, -0.2) is 24.3 Å². The average Bonchev–Trinajstić information content (AvgIpc) is 2.78. The molecule has 0 spiro atoms. The maximum absolute atomic E-state index is 13.4. The molecule has 0 bridgehead atoms. The number of nitrogens with two attached hydrogens (primary N) is 1. The second kappa shape index (κ2) is 9.62. The fourth-order valence-corrected chi connectivity index (χ4v) is 4.36. The fraction of sp³-hybridized carbons (Fsp3) is 0.280. The van der Waals surface area contributed by atoms with E-state index in [-0.39, 0.29) is 29.4 Å². The minimum absolute atomic E-state index is 0.00290. The largest absolute Gasteiger partial charge is 0.463 e. The molecule has 0 aliphatic carbocycles. The number of amides is 1. The zero-order chi connectivity index (χ0) is 26.1. The maximum atomic E-state index is 13.4. The van der Waals surface area contributed by atoms with Gasteiger partial charge in [0.05, 0.1) is 29.4 Å². The summed E-state index contributed by atoms with van der Waals surface area (Å²) in [5, 5.41) is 18.0. The number of allylic oxidation sites excluding steroid dienone is 1. The summed E-state index contributed by atoms with van der Waals surface area (Å²) in [6, 6.07) is 10.9. The van der Waals surface area contributed by atoms with Crippen molar-refractivity contribution < 1.29 is 27.5 Å². The number of nitrogens with one attached hydrogen (secondary N) is 1. The Morgan fingerprint density at radius 3 is 2.43 bits per heavy atom. The first kappa shape index (κ1) is 25.5. The van der Waals surface area contributed by atoms with Crippen LogP contribution in [0.2, 0.25) is 0 Å². The topological polar surface area (TPSA) is 120 Å². The molecule has 0 saturated carbocycles. The van der Waals surface area contributed by atoms with Crippen molar-refractivity contribution in [2.75, 3.05) is 11.5 Å². The smallest absolute Gasteiger partial charge is 0.416 e. The fourth-order valence-electron chi connectivity index (χ4n) is 4.36. The highest BCUT2D eigenvalue weighted by Gasteiger charge is 2.46. The Hall–Kier alpha value is -4.13. The van der Waals surface area contributed by atoms with Crippen LogP contribution in [0, 0.1) is 29.6 Å². The van der Waals surface area contributed by atoms with Gasteiger partial charge in [-0.2, -0.15) is 18.4 Å². The van der Waals surface area contributed by atoms with E-state index in [4.69, 9.17) is 15.9 Å². The number of benzene rings is 2. The summed E-state index contributed by atoms with van der Waals surface area (Å²) in [5.41, 5.74) is 6.25. The van der Waals surface area contributed by atoms with Gasteiger partial charge in [-0.05, 0) is 62.2 Å². The molecule has 0 aromatic heterocycles. The van der Waals surface area contributed by atoms with E-state index in [0.29, 0.717) is 16.7 Å². The maximum Gasteiger partial charge on any atom is 0.416 e. The summed E-state index contributed by atoms with van der Waals surface area (Å²) < 4.78 is 45.4. The van der Waals surface area contributed by atoms with Crippen LogP contribution in [0.1, 0.15) is 42.0 Å². The average molecular weight is 484 g/mol. The summed E-state index contributed by atoms with van der Waals surface area (Å²) >= 11 is 0. The number of nitriles is 1. The number of aryl methyl sites for hydroxylation is 1. The van der Waals surface area contributed by atoms with E-state index < -0.39 is 35.5 Å². The van der Waals surface area contributed by atoms with E-state index >= 15 is 0 Å². The molecule has 2 aromatic rings. The number of halogens is 3. The van der Waals surface area contributed by atoms with Gasteiger partial charge in [0, 0.05) is 17.3 Å². The van der Waals surface area contributed by atoms with Gasteiger partial charge >= 0.3 is 12.1 Å². The Kier molecular flexibility index (Phi) is 7.01. The molecule has 3 N–H and O–H groups in total. The Morgan fingerprint density at radius 2 is 1.89 bits per heavy atom. The number of ether oxygens (including phenoxy) is 1. The summed E-state index contributed by atoms with van der Waals surface area (Å²) in [4.78, 5) is 26.9. The van der Waals surface area contributed by atoms with E-state index in [2.05, 4.69) is 0 Å². The lowest BCUT2D eigenvalue weighted by molar-refractivity contribution is -0.139. The molecule has 1 aliphatic heterocycles. The lowest BCUT2D eigenvalue weighted by Crippen LogP contribution is -2.49. The second-order valence-corrected chi connectivity index (χ2v) is 8.03. The quantitative estimate of drug-likeness (QED) is 0.610. The van der Waals surface area contributed by atoms with Crippen LogP contribution in [0.15, 0.2) is 53.7 Å². The van der Waals surface area contributed by atoms with Crippen molar-refractivity contribution in [2.24, 2.45) is 11.7 Å². The van der Waals surface area contributed by atoms with Crippen LogP contribution in [0.4, 0.5) is 18.9 Å². The zero-order valence-electron chi connectivity index (χ0n) is 19.2. The van der Waals surface area contributed by atoms with Gasteiger partial charge < -0.3 is 15.4 Å². The lowest BCUT2D eigenvalue weighted by atomic mass is 9.73. The van der Waals surface area contributed by atoms with Gasteiger partial charge in [-0.3, -0.25) is 10.2 Å². The van der Waals surface area contributed by atoms with Crippen LogP contribution in [0.3, 0.4) is 0 Å². The molecular formula is C25H23F3N4O3. The molecule has 35 heavy (non-hydrogen) atoms. The Bertz CT molecular complexity index is 1280. The summed E-state index contributed by atoms with van der Waals surface area (Å²) in [7, 11) is 0. The number of nitrogens with zero attached hydrogens (tertiary/aromatic N) is 2. The molecule has 2 aromatic carbocycles. The number of esters is 1. The minimum atomic E-state index is -4.64. The highest BCUT2D eigenvalue weighted by atomic mass is 19.4. The Morgan fingerprint density at radius 1 is 1.20 bits per heavy atom. The Labute approximate surface area is 200 Å². The number of alkyl halides is 3. The third-order valence-corrected chi connectivity index (χ3v) is 5.87. The molecule has 0 fully saturated rings. The number of rotatable bonds is 5. The van der Waals surface area contributed by atoms with Crippen LogP contribution >= 0.6 is 0 Å². The number of anilines is 1. The van der Waals surface area contributed by atoms with E-state index in [1.807, 2.05) is 6.07 Å². The molecule has 10 heteroatoms. The van der Waals surface area contributed by atoms with Crippen LogP contribution in [0.5, 0.6) is 0 Å². The number of hydrogen-bond acceptors (Lipinski definition) is 5. The first-order chi connectivity index (χ1) is 16.4. The molecule has 182 valence electrons. The van der Waals surface area contributed by atoms with Gasteiger partial charge in [0.1, 0.15) is 11.8 Å². The Balaban J connectivity index is 2.33. The highest BCUT2D eigenvalue weighted by molar-refractivity contribution is 6.15. The van der Waals surface area contributed by atoms with E-state index in [1.54, 1.807) is 26.0 Å². The normalized spacial score (nSPS) is 18.3. The van der Waals surface area contributed by atoms with Gasteiger partial charge in [0.25, 0.3) is 0 Å². The van der Waals surface area contributed by atoms with E-state index in [0.717, 1.165) is 17.0 Å². The SMILES string of the molecule is CCOC(=O)C1=C(C)N(c2cccc(C(F)(F)F)c2)C(=N)C(C(N)=O)C1c1ccc(C#N)cc1C. The third-order valence-electron chi connectivity index (χ3n) is 5.87. The predicted molar refractivity (Wildman–Crippen MR) is 122 cm³/mol. The van der Waals surface area contributed by atoms with Crippen LogP contribution < -0.4 is 10.6 Å². The monoisotopic (exact) mass is 484 g/mol. The zero-order valence-corrected chi connectivity index (χ0v) is 19.2. The molecule has 1 heterocycles. The van der Waals surface area contributed by atoms with Crippen molar-refractivity contribution in [3.63, 3.8) is 0 Å². The first-order valence-electron chi connectivity index (χ1n) is 10.7. The predicted octanol–water partition coefficient (Wildman–Crippen LogP) is 4.41. The molecule has 1 amide bonds. The van der Waals surface area contributed by atoms with Crippen molar-refractivity contribution in [1.29, 1.82) is 10.7 Å². The van der Waals surface area contributed by atoms with Crippen molar-refractivity contribution >= 4 is 23.4 Å². The molecule has 2 atom stereocenters. The van der Waals surface area contributed by atoms with Gasteiger partial charge in [0.15, 0.2) is 0 Å². The summed E-state index contributed by atoms with van der Waals surface area (Å²) in [6.45, 7) is 4.77. The number of hydrogen-bond donors (Lipinski definition) is 2. The molecule has 0 radical (unpaired) electrons. The van der Waals surface area contributed by atoms with Crippen molar-refractivity contribution in [3.8, 4) is 6.07 Å². The molecule has 2 unspecified atom stereocenters. The van der Waals surface area contributed by atoms with E-state index in [1.165, 1.54) is 25.1 Å². The van der Waals surface area contributed by atoms with E-state index in [9.17, 15) is 28.0 Å². The first-order valence-corrected chi connectivity index (χ1v) is 10.7. The molecule has 1 aliphatic rings. The second-order valence-electron chi connectivity index (χ2n) is 8.03. The number of carbonyl (C=O) groups is 2. The minimum Gasteiger partial charge on any atom is -0.463 e. The van der Waals surface area contributed by atoms with Gasteiger partial charge in [-0.25, -0.2) is 4.79 Å². The highest BCUT2D eigenvalue weighted by Crippen LogP contribution is 2.44. The number of amidine groups is 1. The molecular weight excluding hydrogens is 461 g/mol. The van der Waals surface area contributed by atoms with Crippen molar-refractivity contribution in [3.05, 3.63) is 76.0 Å². The number of primary amides is 1. The van der Waals surface area contributed by atoms with Gasteiger partial charge in [-0.1, -0.05) is 12.1 Å². The molecule has 7 nitrogen and oxygen atoms in total. The van der Waals surface area contributed by atoms with Gasteiger partial charge in [0.2, 0.25) is 5.91 Å². The molecule has 0 saturated heterocycles. The lowest BCUT2D eigenvalue weighted by Gasteiger charge is -2.41. The third kappa shape index (κ3) is 4.75. The van der Waals surface area contributed by atoms with Crippen molar-refractivity contribution in [2.45, 2.75) is 32.9 Å². The van der Waals surface area contributed by atoms with Gasteiger partial charge in [-0.15, -0.1) is 0 Å². The number of carbonyl (C=O) groups excluding carboxylic acids is 2. The molecule has 3 rings (SSSR count). The van der Waals surface area contributed by atoms with Crippen molar-refractivity contribution in [1.82, 2.24) is 0 Å². The van der Waals surface area contributed by atoms with Crippen LogP contribution in [-0.2, 0) is 20.5 Å². The van der Waals surface area contributed by atoms with Crippen LogP contribution in [0.25, 0.3) is 0 Å². The summed E-state index contributed by atoms with van der Waals surface area (Å²) in [6.07, 6.45) is -4.64. The standard InChI is InChI=1S/C25H23F3N4O3/c1-4-35-24(34)19-14(3)32(17-7-5-6-16(11-17)25(26,27)28)22(30)21(23(31)33)20(19)18-9-8-15(12-29)10-13(18)2/h5-11,20-21,30H,4H2,1-3H3,(H2,31,33). The summed E-state index contributed by atoms with van der Waals surface area (Å²) in [5.74, 6) is -4.52.